The summed E-state index contributed by atoms with van der Waals surface area (Å²) in [7, 11) is 3.55. The van der Waals surface area contributed by atoms with Gasteiger partial charge in [0.15, 0.2) is 0 Å². The SMILES string of the molecule is CNC(C(=O)NC1CCCC(C(N)=O)C1)c1cnn(C)c1.Cl. The van der Waals surface area contributed by atoms with Gasteiger partial charge in [-0.15, -0.1) is 12.4 Å². The highest BCUT2D eigenvalue weighted by Gasteiger charge is 2.29. The van der Waals surface area contributed by atoms with Gasteiger partial charge < -0.3 is 16.4 Å². The fraction of sp³-hybridized carbons (Fsp3) is 0.643. The molecule has 22 heavy (non-hydrogen) atoms. The Morgan fingerprint density at radius 1 is 1.45 bits per heavy atom. The van der Waals surface area contributed by atoms with Crippen molar-refractivity contribution >= 4 is 24.2 Å². The summed E-state index contributed by atoms with van der Waals surface area (Å²) in [5, 5.41) is 10.1. The molecular formula is C14H24ClN5O2. The topological polar surface area (TPSA) is 102 Å². The lowest BCUT2D eigenvalue weighted by Gasteiger charge is -2.29. The number of primary amides is 1. The van der Waals surface area contributed by atoms with Gasteiger partial charge in [-0.25, -0.2) is 0 Å². The fourth-order valence-corrected chi connectivity index (χ4v) is 2.90. The molecule has 1 aliphatic rings. The normalized spacial score (nSPS) is 22.5. The molecule has 3 atom stereocenters. The van der Waals surface area contributed by atoms with Crippen molar-refractivity contribution in [3.05, 3.63) is 18.0 Å². The minimum atomic E-state index is -0.437. The molecule has 0 aliphatic heterocycles. The van der Waals surface area contributed by atoms with E-state index in [4.69, 9.17) is 5.73 Å². The van der Waals surface area contributed by atoms with Crippen LogP contribution >= 0.6 is 12.4 Å². The maximum Gasteiger partial charge on any atom is 0.242 e. The van der Waals surface area contributed by atoms with Crippen LogP contribution in [0.25, 0.3) is 0 Å². The van der Waals surface area contributed by atoms with Crippen molar-refractivity contribution < 1.29 is 9.59 Å². The average Bonchev–Trinajstić information content (AvgIpc) is 2.86. The van der Waals surface area contributed by atoms with E-state index in [1.807, 2.05) is 13.2 Å². The monoisotopic (exact) mass is 329 g/mol. The zero-order valence-electron chi connectivity index (χ0n) is 12.9. The van der Waals surface area contributed by atoms with Gasteiger partial charge in [-0.3, -0.25) is 14.3 Å². The summed E-state index contributed by atoms with van der Waals surface area (Å²) in [5.41, 5.74) is 6.18. The molecule has 0 radical (unpaired) electrons. The lowest BCUT2D eigenvalue weighted by Crippen LogP contribution is -2.45. The summed E-state index contributed by atoms with van der Waals surface area (Å²) in [5.74, 6) is -0.498. The number of nitrogens with two attached hydrogens (primary N) is 1. The molecule has 1 aliphatic carbocycles. The second-order valence-electron chi connectivity index (χ2n) is 5.64. The molecule has 1 aromatic rings. The van der Waals surface area contributed by atoms with Gasteiger partial charge in [0.1, 0.15) is 6.04 Å². The van der Waals surface area contributed by atoms with Gasteiger partial charge in [-0.2, -0.15) is 5.10 Å². The maximum atomic E-state index is 12.4. The van der Waals surface area contributed by atoms with Crippen LogP contribution in [0.3, 0.4) is 0 Å². The van der Waals surface area contributed by atoms with Crippen molar-refractivity contribution in [1.82, 2.24) is 20.4 Å². The molecule has 0 saturated heterocycles. The van der Waals surface area contributed by atoms with E-state index in [0.717, 1.165) is 24.8 Å². The molecule has 2 amide bonds. The molecular weight excluding hydrogens is 306 g/mol. The van der Waals surface area contributed by atoms with Crippen molar-refractivity contribution in [2.75, 3.05) is 7.05 Å². The number of aromatic nitrogens is 2. The number of hydrogen-bond donors (Lipinski definition) is 3. The highest BCUT2D eigenvalue weighted by molar-refractivity contribution is 5.85. The van der Waals surface area contributed by atoms with Crippen molar-refractivity contribution in [2.24, 2.45) is 18.7 Å². The first-order valence-electron chi connectivity index (χ1n) is 7.26. The molecule has 3 unspecified atom stereocenters. The van der Waals surface area contributed by atoms with Crippen LogP contribution in [-0.2, 0) is 16.6 Å². The van der Waals surface area contributed by atoms with E-state index < -0.39 is 6.04 Å². The molecule has 1 aromatic heterocycles. The number of aryl methyl sites for hydroxylation is 1. The van der Waals surface area contributed by atoms with Crippen molar-refractivity contribution in [2.45, 2.75) is 37.8 Å². The van der Waals surface area contributed by atoms with Crippen LogP contribution in [0, 0.1) is 5.92 Å². The number of hydrogen-bond acceptors (Lipinski definition) is 4. The van der Waals surface area contributed by atoms with E-state index in [0.29, 0.717) is 6.42 Å². The fourth-order valence-electron chi connectivity index (χ4n) is 2.90. The number of carbonyl (C=O) groups is 2. The number of halogens is 1. The smallest absolute Gasteiger partial charge is 0.242 e. The molecule has 1 saturated carbocycles. The van der Waals surface area contributed by atoms with Gasteiger partial charge in [0.05, 0.1) is 6.20 Å². The minimum absolute atomic E-state index is 0. The van der Waals surface area contributed by atoms with Gasteiger partial charge in [0, 0.05) is 30.8 Å². The number of likely N-dealkylation sites (N-methyl/N-ethyl adjacent to an activating group) is 1. The Bertz CT molecular complexity index is 519. The number of carbonyl (C=O) groups excluding carboxylic acids is 2. The van der Waals surface area contributed by atoms with Crippen LogP contribution in [0.15, 0.2) is 12.4 Å². The lowest BCUT2D eigenvalue weighted by atomic mass is 9.85. The predicted molar refractivity (Wildman–Crippen MR) is 85.3 cm³/mol. The number of amides is 2. The van der Waals surface area contributed by atoms with Crippen LogP contribution in [-0.4, -0.2) is 34.7 Å². The lowest BCUT2D eigenvalue weighted by molar-refractivity contribution is -0.126. The average molecular weight is 330 g/mol. The predicted octanol–water partition coefficient (Wildman–Crippen LogP) is 0.263. The molecule has 7 nitrogen and oxygen atoms in total. The summed E-state index contributed by atoms with van der Waals surface area (Å²) in [6.45, 7) is 0. The van der Waals surface area contributed by atoms with Crippen LogP contribution < -0.4 is 16.4 Å². The number of rotatable bonds is 5. The van der Waals surface area contributed by atoms with Gasteiger partial charge in [0.25, 0.3) is 0 Å². The molecule has 1 fully saturated rings. The molecule has 0 aromatic carbocycles. The number of nitrogens with one attached hydrogen (secondary N) is 2. The number of nitrogens with zero attached hydrogens (tertiary/aromatic N) is 2. The van der Waals surface area contributed by atoms with E-state index in [-0.39, 0.29) is 36.2 Å². The second-order valence-corrected chi connectivity index (χ2v) is 5.64. The van der Waals surface area contributed by atoms with Gasteiger partial charge in [-0.1, -0.05) is 6.42 Å². The Balaban J connectivity index is 0.00000242. The Labute approximate surface area is 136 Å². The van der Waals surface area contributed by atoms with Gasteiger partial charge in [-0.05, 0) is 26.3 Å². The largest absolute Gasteiger partial charge is 0.369 e. The summed E-state index contributed by atoms with van der Waals surface area (Å²) >= 11 is 0. The second kappa shape index (κ2) is 8.14. The molecule has 0 spiro atoms. The first kappa shape index (κ1) is 18.4. The highest BCUT2D eigenvalue weighted by atomic mass is 35.5. The first-order valence-corrected chi connectivity index (χ1v) is 7.26. The molecule has 1 heterocycles. The van der Waals surface area contributed by atoms with E-state index in [1.165, 1.54) is 0 Å². The Kier molecular flexibility index (Phi) is 6.83. The summed E-state index contributed by atoms with van der Waals surface area (Å²) < 4.78 is 1.66. The van der Waals surface area contributed by atoms with Crippen LogP contribution in [0.4, 0.5) is 0 Å². The third kappa shape index (κ3) is 4.45. The molecule has 0 bridgehead atoms. The van der Waals surface area contributed by atoms with Crippen LogP contribution in [0.2, 0.25) is 0 Å². The van der Waals surface area contributed by atoms with E-state index in [2.05, 4.69) is 15.7 Å². The molecule has 8 heteroatoms. The van der Waals surface area contributed by atoms with Crippen molar-refractivity contribution in [3.8, 4) is 0 Å². The molecule has 124 valence electrons. The van der Waals surface area contributed by atoms with E-state index >= 15 is 0 Å². The Morgan fingerprint density at radius 3 is 2.73 bits per heavy atom. The summed E-state index contributed by atoms with van der Waals surface area (Å²) in [6.07, 6.45) is 6.74. The highest BCUT2D eigenvalue weighted by Crippen LogP contribution is 2.24. The third-order valence-electron chi connectivity index (χ3n) is 4.03. The van der Waals surface area contributed by atoms with Crippen molar-refractivity contribution in [3.63, 3.8) is 0 Å². The zero-order chi connectivity index (χ0) is 15.4. The Morgan fingerprint density at radius 2 is 2.18 bits per heavy atom. The zero-order valence-corrected chi connectivity index (χ0v) is 13.7. The van der Waals surface area contributed by atoms with E-state index in [9.17, 15) is 9.59 Å². The van der Waals surface area contributed by atoms with Gasteiger partial charge >= 0.3 is 0 Å². The van der Waals surface area contributed by atoms with Crippen molar-refractivity contribution in [1.29, 1.82) is 0 Å². The third-order valence-corrected chi connectivity index (χ3v) is 4.03. The summed E-state index contributed by atoms with van der Waals surface area (Å²) in [4.78, 5) is 23.7. The summed E-state index contributed by atoms with van der Waals surface area (Å²) in [6, 6.07) is -0.427. The van der Waals surface area contributed by atoms with Gasteiger partial charge in [0.2, 0.25) is 11.8 Å². The molecule has 2 rings (SSSR count). The Hall–Kier alpha value is -1.60. The van der Waals surface area contributed by atoms with E-state index in [1.54, 1.807) is 17.9 Å². The van der Waals surface area contributed by atoms with Crippen LogP contribution in [0.5, 0.6) is 0 Å². The quantitative estimate of drug-likeness (QED) is 0.721. The standard InChI is InChI=1S/C14H23N5O2.ClH/c1-16-12(10-7-17-19(2)8-10)14(21)18-11-5-3-4-9(6-11)13(15)20;/h7-9,11-12,16H,3-6H2,1-2H3,(H2,15,20)(H,18,21);1H. The first-order chi connectivity index (χ1) is 10.0. The molecule has 4 N–H and O–H groups in total. The van der Waals surface area contributed by atoms with Crippen LogP contribution in [0.1, 0.15) is 37.3 Å². The minimum Gasteiger partial charge on any atom is -0.369 e. The maximum absolute atomic E-state index is 12.4.